The highest BCUT2D eigenvalue weighted by atomic mass is 16.5. The van der Waals surface area contributed by atoms with Crippen molar-refractivity contribution < 1.29 is 19.0 Å². The van der Waals surface area contributed by atoms with E-state index in [2.05, 4.69) is 19.1 Å². The summed E-state index contributed by atoms with van der Waals surface area (Å²) in [5, 5.41) is 0. The summed E-state index contributed by atoms with van der Waals surface area (Å²) >= 11 is 0. The average molecular weight is 405 g/mol. The van der Waals surface area contributed by atoms with E-state index >= 15 is 0 Å². The maximum atomic E-state index is 12.2. The monoisotopic (exact) mass is 404 g/mol. The van der Waals surface area contributed by atoms with Gasteiger partial charge in [0.05, 0.1) is 18.8 Å². The molecule has 0 spiro atoms. The number of carbonyl (C=O) groups is 1. The minimum absolute atomic E-state index is 0.197. The van der Waals surface area contributed by atoms with E-state index < -0.39 is 0 Å². The summed E-state index contributed by atoms with van der Waals surface area (Å²) in [5.41, 5.74) is 2.69. The molecule has 0 saturated heterocycles. The van der Waals surface area contributed by atoms with Gasteiger partial charge in [-0.15, -0.1) is 0 Å². The Labute approximate surface area is 178 Å². The number of carbonyl (C=O) groups excluding carboxylic acids is 1. The average Bonchev–Trinajstić information content (AvgIpc) is 2.79. The zero-order valence-corrected chi connectivity index (χ0v) is 17.7. The topological polar surface area (TPSA) is 44.8 Å². The SMILES string of the molecule is CCOC(=O)c1ccc(OC[C@@H](C)c2ccccc2)c(O[C@H](C)c2ccccc2)c1. The van der Waals surface area contributed by atoms with E-state index in [1.165, 1.54) is 5.56 Å². The van der Waals surface area contributed by atoms with E-state index in [0.717, 1.165) is 5.56 Å². The van der Waals surface area contributed by atoms with E-state index in [0.29, 0.717) is 30.3 Å². The van der Waals surface area contributed by atoms with Crippen molar-refractivity contribution in [3.63, 3.8) is 0 Å². The molecule has 3 aromatic rings. The minimum Gasteiger partial charge on any atom is -0.489 e. The molecule has 4 heteroatoms. The summed E-state index contributed by atoms with van der Waals surface area (Å²) in [5.74, 6) is 0.972. The first-order valence-electron chi connectivity index (χ1n) is 10.3. The van der Waals surface area contributed by atoms with Crippen molar-refractivity contribution in [3.05, 3.63) is 95.6 Å². The van der Waals surface area contributed by atoms with Crippen LogP contribution in [0.2, 0.25) is 0 Å². The third-order valence-electron chi connectivity index (χ3n) is 4.89. The molecular weight excluding hydrogens is 376 g/mol. The molecule has 4 nitrogen and oxygen atoms in total. The fraction of sp³-hybridized carbons (Fsp3) is 0.269. The molecule has 0 aliphatic rings. The van der Waals surface area contributed by atoms with E-state index in [-0.39, 0.29) is 18.0 Å². The van der Waals surface area contributed by atoms with Crippen LogP contribution in [0.15, 0.2) is 78.9 Å². The van der Waals surface area contributed by atoms with Gasteiger partial charge in [0.15, 0.2) is 11.5 Å². The highest BCUT2D eigenvalue weighted by Crippen LogP contribution is 2.33. The smallest absolute Gasteiger partial charge is 0.338 e. The molecule has 30 heavy (non-hydrogen) atoms. The lowest BCUT2D eigenvalue weighted by molar-refractivity contribution is 0.0525. The van der Waals surface area contributed by atoms with Gasteiger partial charge in [0, 0.05) is 5.92 Å². The second kappa shape index (κ2) is 10.5. The minimum atomic E-state index is -0.376. The second-order valence-corrected chi connectivity index (χ2v) is 7.18. The molecule has 156 valence electrons. The van der Waals surface area contributed by atoms with Gasteiger partial charge in [-0.2, -0.15) is 0 Å². The van der Waals surface area contributed by atoms with Gasteiger partial charge in [0.25, 0.3) is 0 Å². The normalized spacial score (nSPS) is 12.6. The molecule has 0 fully saturated rings. The first-order valence-corrected chi connectivity index (χ1v) is 10.3. The number of hydrogen-bond donors (Lipinski definition) is 0. The Hall–Kier alpha value is -3.27. The fourth-order valence-electron chi connectivity index (χ4n) is 3.14. The molecule has 0 N–H and O–H groups in total. The quantitative estimate of drug-likeness (QED) is 0.399. The molecule has 0 radical (unpaired) electrons. The zero-order valence-electron chi connectivity index (χ0n) is 17.7. The van der Waals surface area contributed by atoms with Crippen molar-refractivity contribution in [2.24, 2.45) is 0 Å². The summed E-state index contributed by atoms with van der Waals surface area (Å²) in [4.78, 5) is 12.2. The lowest BCUT2D eigenvalue weighted by Gasteiger charge is -2.20. The summed E-state index contributed by atoms with van der Waals surface area (Å²) in [7, 11) is 0. The molecule has 3 rings (SSSR count). The van der Waals surface area contributed by atoms with Crippen LogP contribution >= 0.6 is 0 Å². The predicted molar refractivity (Wildman–Crippen MR) is 118 cm³/mol. The molecule has 0 heterocycles. The zero-order chi connectivity index (χ0) is 21.3. The van der Waals surface area contributed by atoms with Crippen LogP contribution in [-0.2, 0) is 4.74 Å². The van der Waals surface area contributed by atoms with Crippen LogP contribution in [-0.4, -0.2) is 19.2 Å². The van der Waals surface area contributed by atoms with Gasteiger partial charge in [0.1, 0.15) is 6.10 Å². The summed E-state index contributed by atoms with van der Waals surface area (Å²) < 4.78 is 17.4. The van der Waals surface area contributed by atoms with Gasteiger partial charge >= 0.3 is 5.97 Å². The maximum Gasteiger partial charge on any atom is 0.338 e. The Morgan fingerprint density at radius 1 is 0.833 bits per heavy atom. The number of benzene rings is 3. The summed E-state index contributed by atoms with van der Waals surface area (Å²) in [6.45, 7) is 6.70. The number of esters is 1. The van der Waals surface area contributed by atoms with Crippen molar-refractivity contribution in [1.29, 1.82) is 0 Å². The van der Waals surface area contributed by atoms with Crippen LogP contribution in [0.5, 0.6) is 11.5 Å². The maximum absolute atomic E-state index is 12.2. The van der Waals surface area contributed by atoms with Crippen LogP contribution in [0.4, 0.5) is 0 Å². The second-order valence-electron chi connectivity index (χ2n) is 7.18. The van der Waals surface area contributed by atoms with Crippen LogP contribution in [0, 0.1) is 0 Å². The van der Waals surface area contributed by atoms with Crippen molar-refractivity contribution in [2.45, 2.75) is 32.8 Å². The Bertz CT molecular complexity index is 938. The van der Waals surface area contributed by atoms with Gasteiger partial charge < -0.3 is 14.2 Å². The highest BCUT2D eigenvalue weighted by molar-refractivity contribution is 5.90. The van der Waals surface area contributed by atoms with Gasteiger partial charge in [0.2, 0.25) is 0 Å². The third-order valence-corrected chi connectivity index (χ3v) is 4.89. The van der Waals surface area contributed by atoms with Crippen LogP contribution < -0.4 is 9.47 Å². The first kappa shape index (κ1) is 21.4. The van der Waals surface area contributed by atoms with Gasteiger partial charge in [-0.05, 0) is 43.2 Å². The molecule has 2 atom stereocenters. The van der Waals surface area contributed by atoms with Gasteiger partial charge in [-0.25, -0.2) is 4.79 Å². The summed E-state index contributed by atoms with van der Waals surface area (Å²) in [6, 6.07) is 25.4. The van der Waals surface area contributed by atoms with Crippen LogP contribution in [0.1, 0.15) is 54.3 Å². The molecule has 0 saturated carbocycles. The number of ether oxygens (including phenoxy) is 3. The number of rotatable bonds is 9. The molecule has 0 aliphatic heterocycles. The van der Waals surface area contributed by atoms with Crippen LogP contribution in [0.3, 0.4) is 0 Å². The Morgan fingerprint density at radius 3 is 2.10 bits per heavy atom. The van der Waals surface area contributed by atoms with Crippen LogP contribution in [0.25, 0.3) is 0 Å². The number of hydrogen-bond acceptors (Lipinski definition) is 4. The molecule has 0 aliphatic carbocycles. The molecular formula is C26H28O4. The summed E-state index contributed by atoms with van der Waals surface area (Å²) in [6.07, 6.45) is -0.197. The highest BCUT2D eigenvalue weighted by Gasteiger charge is 2.17. The van der Waals surface area contributed by atoms with E-state index in [1.54, 1.807) is 25.1 Å². The van der Waals surface area contributed by atoms with Crippen molar-refractivity contribution in [1.82, 2.24) is 0 Å². The Balaban J connectivity index is 1.80. The standard InChI is InChI=1S/C26H28O4/c1-4-28-26(27)23-15-16-24(29-18-19(2)21-11-7-5-8-12-21)25(17-23)30-20(3)22-13-9-6-10-14-22/h5-17,19-20H,4,18H2,1-3H3/t19-,20-/m1/s1. The molecule has 3 aromatic carbocycles. The third kappa shape index (κ3) is 5.63. The molecule has 0 amide bonds. The van der Waals surface area contributed by atoms with Gasteiger partial charge in [-0.1, -0.05) is 67.6 Å². The lowest BCUT2D eigenvalue weighted by Crippen LogP contribution is -2.11. The molecule has 0 unspecified atom stereocenters. The first-order chi connectivity index (χ1) is 14.6. The van der Waals surface area contributed by atoms with Crippen molar-refractivity contribution >= 4 is 5.97 Å². The lowest BCUT2D eigenvalue weighted by atomic mass is 10.0. The molecule has 0 bridgehead atoms. The molecule has 0 aromatic heterocycles. The Morgan fingerprint density at radius 2 is 1.47 bits per heavy atom. The Kier molecular flexibility index (Phi) is 7.50. The van der Waals surface area contributed by atoms with Gasteiger partial charge in [-0.3, -0.25) is 0 Å². The van der Waals surface area contributed by atoms with Crippen molar-refractivity contribution in [3.8, 4) is 11.5 Å². The predicted octanol–water partition coefficient (Wildman–Crippen LogP) is 6.19. The largest absolute Gasteiger partial charge is 0.489 e. The van der Waals surface area contributed by atoms with E-state index in [1.807, 2.05) is 55.5 Å². The van der Waals surface area contributed by atoms with Crippen molar-refractivity contribution in [2.75, 3.05) is 13.2 Å². The fourth-order valence-corrected chi connectivity index (χ4v) is 3.14. The van der Waals surface area contributed by atoms with E-state index in [4.69, 9.17) is 14.2 Å². The van der Waals surface area contributed by atoms with E-state index in [9.17, 15) is 4.79 Å².